The number of hydrogen-bond donors (Lipinski definition) is 1. The highest BCUT2D eigenvalue weighted by molar-refractivity contribution is 7.25. The molecule has 1 N–H and O–H groups in total. The second kappa shape index (κ2) is 6.10. The standard InChI is InChI=1S/C19H19N5OS/c1-11-5-7-12(8-6-11)24-10-21-16-15-13(23(3)4)9-14(20-2)22-18(15)26-17(16)19(24)25/h5-10H,1-4H3,(H,20,22). The van der Waals surface area contributed by atoms with Crippen molar-refractivity contribution in [2.24, 2.45) is 0 Å². The summed E-state index contributed by atoms with van der Waals surface area (Å²) in [6, 6.07) is 9.81. The lowest BCUT2D eigenvalue weighted by Gasteiger charge is -2.15. The van der Waals surface area contributed by atoms with E-state index in [0.717, 1.165) is 33.0 Å². The van der Waals surface area contributed by atoms with Gasteiger partial charge in [-0.25, -0.2) is 9.97 Å². The lowest BCUT2D eigenvalue weighted by molar-refractivity contribution is 0.966. The molecule has 0 spiro atoms. The zero-order valence-corrected chi connectivity index (χ0v) is 15.9. The number of anilines is 2. The van der Waals surface area contributed by atoms with Gasteiger partial charge in [0.15, 0.2) is 0 Å². The van der Waals surface area contributed by atoms with Gasteiger partial charge in [0.25, 0.3) is 5.56 Å². The summed E-state index contributed by atoms with van der Waals surface area (Å²) in [5.74, 6) is 0.770. The molecule has 0 aliphatic carbocycles. The van der Waals surface area contributed by atoms with Crippen LogP contribution in [0.25, 0.3) is 26.1 Å². The molecule has 26 heavy (non-hydrogen) atoms. The molecule has 0 radical (unpaired) electrons. The fraction of sp³-hybridized carbons (Fsp3) is 0.211. The molecule has 0 amide bonds. The molecule has 4 aromatic rings. The third kappa shape index (κ3) is 2.52. The molecule has 7 heteroatoms. The van der Waals surface area contributed by atoms with Crippen LogP contribution in [0.2, 0.25) is 0 Å². The first-order valence-corrected chi connectivity index (χ1v) is 9.08. The number of hydrogen-bond acceptors (Lipinski definition) is 6. The lowest BCUT2D eigenvalue weighted by atomic mass is 10.2. The largest absolute Gasteiger partial charge is 0.377 e. The molecular weight excluding hydrogens is 346 g/mol. The van der Waals surface area contributed by atoms with Crippen molar-refractivity contribution in [3.05, 3.63) is 52.6 Å². The number of aromatic nitrogens is 3. The van der Waals surface area contributed by atoms with E-state index in [1.165, 1.54) is 11.3 Å². The van der Waals surface area contributed by atoms with Gasteiger partial charge in [0.1, 0.15) is 27.2 Å². The van der Waals surface area contributed by atoms with Gasteiger partial charge in [-0.05, 0) is 19.1 Å². The molecule has 0 bridgehead atoms. The normalized spacial score (nSPS) is 11.2. The average molecular weight is 365 g/mol. The fourth-order valence-corrected chi connectivity index (χ4v) is 4.06. The number of rotatable bonds is 3. The van der Waals surface area contributed by atoms with Crippen LogP contribution in [0.5, 0.6) is 0 Å². The van der Waals surface area contributed by atoms with Crippen LogP contribution in [-0.2, 0) is 0 Å². The zero-order chi connectivity index (χ0) is 18.4. The average Bonchev–Trinajstić information content (AvgIpc) is 3.01. The predicted molar refractivity (Wildman–Crippen MR) is 109 cm³/mol. The summed E-state index contributed by atoms with van der Waals surface area (Å²) in [5, 5.41) is 4.00. The lowest BCUT2D eigenvalue weighted by Crippen LogP contribution is -2.17. The summed E-state index contributed by atoms with van der Waals surface area (Å²) in [6.45, 7) is 2.02. The summed E-state index contributed by atoms with van der Waals surface area (Å²) < 4.78 is 2.21. The van der Waals surface area contributed by atoms with Crippen molar-refractivity contribution in [1.29, 1.82) is 0 Å². The van der Waals surface area contributed by atoms with Crippen molar-refractivity contribution in [3.8, 4) is 5.69 Å². The molecule has 6 nitrogen and oxygen atoms in total. The quantitative estimate of drug-likeness (QED) is 0.603. The van der Waals surface area contributed by atoms with Crippen LogP contribution in [0, 0.1) is 6.92 Å². The van der Waals surface area contributed by atoms with Gasteiger partial charge in [-0.2, -0.15) is 0 Å². The first-order chi connectivity index (χ1) is 12.5. The van der Waals surface area contributed by atoms with Crippen LogP contribution >= 0.6 is 11.3 Å². The summed E-state index contributed by atoms with van der Waals surface area (Å²) in [7, 11) is 5.79. The SMILES string of the molecule is CNc1cc(N(C)C)c2c(n1)sc1c(=O)n(-c3ccc(C)cc3)cnc12. The summed E-state index contributed by atoms with van der Waals surface area (Å²) in [4.78, 5) is 25.2. The number of nitrogens with zero attached hydrogens (tertiary/aromatic N) is 4. The highest BCUT2D eigenvalue weighted by Gasteiger charge is 2.18. The molecule has 0 atom stereocenters. The van der Waals surface area contributed by atoms with E-state index >= 15 is 0 Å². The molecule has 3 aromatic heterocycles. The number of fused-ring (bicyclic) bond motifs is 3. The van der Waals surface area contributed by atoms with Crippen LogP contribution in [0.3, 0.4) is 0 Å². The van der Waals surface area contributed by atoms with Gasteiger partial charge in [0.2, 0.25) is 0 Å². The maximum atomic E-state index is 13.1. The Labute approximate surface area is 154 Å². The molecule has 0 unspecified atom stereocenters. The van der Waals surface area contributed by atoms with Crippen LogP contribution in [-0.4, -0.2) is 35.7 Å². The summed E-state index contributed by atoms with van der Waals surface area (Å²) in [6.07, 6.45) is 1.60. The number of aryl methyl sites for hydroxylation is 1. The molecule has 3 heterocycles. The van der Waals surface area contributed by atoms with Crippen molar-refractivity contribution in [2.45, 2.75) is 6.92 Å². The highest BCUT2D eigenvalue weighted by atomic mass is 32.1. The maximum absolute atomic E-state index is 13.1. The van der Waals surface area contributed by atoms with Gasteiger partial charge in [-0.15, -0.1) is 11.3 Å². The Hall–Kier alpha value is -2.93. The van der Waals surface area contributed by atoms with E-state index in [-0.39, 0.29) is 5.56 Å². The second-order valence-electron chi connectivity index (χ2n) is 6.39. The monoisotopic (exact) mass is 365 g/mol. The molecule has 0 fully saturated rings. The van der Waals surface area contributed by atoms with E-state index in [4.69, 9.17) is 0 Å². The van der Waals surface area contributed by atoms with Gasteiger partial charge >= 0.3 is 0 Å². The van der Waals surface area contributed by atoms with E-state index in [1.54, 1.807) is 10.9 Å². The third-order valence-electron chi connectivity index (χ3n) is 4.38. The molecule has 0 saturated heterocycles. The molecule has 0 aliphatic heterocycles. The zero-order valence-electron chi connectivity index (χ0n) is 15.1. The van der Waals surface area contributed by atoms with Crippen molar-refractivity contribution in [2.75, 3.05) is 31.4 Å². The maximum Gasteiger partial charge on any atom is 0.275 e. The Bertz CT molecular complexity index is 1170. The van der Waals surface area contributed by atoms with Gasteiger partial charge in [0.05, 0.1) is 16.8 Å². The van der Waals surface area contributed by atoms with Crippen LogP contribution in [0.4, 0.5) is 11.5 Å². The molecular formula is C19H19N5OS. The first kappa shape index (κ1) is 16.5. The van der Waals surface area contributed by atoms with E-state index < -0.39 is 0 Å². The summed E-state index contributed by atoms with van der Waals surface area (Å²) >= 11 is 1.39. The first-order valence-electron chi connectivity index (χ1n) is 8.26. The van der Waals surface area contributed by atoms with Gasteiger partial charge < -0.3 is 10.2 Å². The second-order valence-corrected chi connectivity index (χ2v) is 7.39. The van der Waals surface area contributed by atoms with E-state index in [1.807, 2.05) is 63.3 Å². The van der Waals surface area contributed by atoms with Crippen LogP contribution in [0.15, 0.2) is 41.5 Å². The Morgan fingerprint density at radius 2 is 1.92 bits per heavy atom. The van der Waals surface area contributed by atoms with Crippen LogP contribution < -0.4 is 15.8 Å². The number of benzene rings is 1. The van der Waals surface area contributed by atoms with Crippen molar-refractivity contribution >= 4 is 43.3 Å². The Morgan fingerprint density at radius 1 is 1.19 bits per heavy atom. The minimum absolute atomic E-state index is 0.0717. The Balaban J connectivity index is 2.04. The third-order valence-corrected chi connectivity index (χ3v) is 5.44. The molecule has 0 saturated carbocycles. The predicted octanol–water partition coefficient (Wildman–Crippen LogP) is 3.41. The highest BCUT2D eigenvalue weighted by Crippen LogP contribution is 2.37. The van der Waals surface area contributed by atoms with E-state index in [9.17, 15) is 4.79 Å². The number of nitrogens with one attached hydrogen (secondary N) is 1. The number of thiophene rings is 1. The molecule has 4 rings (SSSR count). The topological polar surface area (TPSA) is 63.1 Å². The van der Waals surface area contributed by atoms with E-state index in [0.29, 0.717) is 10.2 Å². The molecule has 1 aromatic carbocycles. The smallest absolute Gasteiger partial charge is 0.275 e. The van der Waals surface area contributed by atoms with Gasteiger partial charge in [-0.3, -0.25) is 9.36 Å². The van der Waals surface area contributed by atoms with E-state index in [2.05, 4.69) is 15.3 Å². The van der Waals surface area contributed by atoms with Crippen molar-refractivity contribution < 1.29 is 0 Å². The minimum atomic E-state index is -0.0717. The van der Waals surface area contributed by atoms with Gasteiger partial charge in [0, 0.05) is 27.2 Å². The van der Waals surface area contributed by atoms with Crippen molar-refractivity contribution in [1.82, 2.24) is 14.5 Å². The minimum Gasteiger partial charge on any atom is -0.377 e. The molecule has 132 valence electrons. The number of pyridine rings is 1. The molecule has 0 aliphatic rings. The van der Waals surface area contributed by atoms with Gasteiger partial charge in [-0.1, -0.05) is 17.7 Å². The Morgan fingerprint density at radius 3 is 2.58 bits per heavy atom. The Kier molecular flexibility index (Phi) is 3.88. The van der Waals surface area contributed by atoms with Crippen LogP contribution in [0.1, 0.15) is 5.56 Å². The van der Waals surface area contributed by atoms with Crippen molar-refractivity contribution in [3.63, 3.8) is 0 Å². The summed E-state index contributed by atoms with van der Waals surface area (Å²) in [5.41, 5.74) is 3.58. The fourth-order valence-electron chi connectivity index (χ4n) is 2.98.